The van der Waals surface area contributed by atoms with Crippen molar-refractivity contribution in [1.82, 2.24) is 4.57 Å². The molecule has 1 aromatic heterocycles. The molecule has 10 rings (SSSR count). The fourth-order valence-electron chi connectivity index (χ4n) is 7.36. The summed E-state index contributed by atoms with van der Waals surface area (Å²) < 4.78 is 8.78. The Morgan fingerprint density at radius 2 is 1.02 bits per heavy atom. The van der Waals surface area contributed by atoms with Crippen molar-refractivity contribution in [2.24, 2.45) is 0 Å². The molecule has 46 heavy (non-hydrogen) atoms. The van der Waals surface area contributed by atoms with Crippen molar-refractivity contribution in [3.63, 3.8) is 0 Å². The van der Waals surface area contributed by atoms with Gasteiger partial charge in [-0.3, -0.25) is 0 Å². The molecule has 0 fully saturated rings. The summed E-state index contributed by atoms with van der Waals surface area (Å²) in [6.45, 7) is 0. The smallest absolute Gasteiger partial charge is 0.135 e. The highest BCUT2D eigenvalue weighted by molar-refractivity contribution is 6.14. The lowest BCUT2D eigenvalue weighted by Crippen LogP contribution is -1.97. The molecule has 2 nitrogen and oxygen atoms in total. The lowest BCUT2D eigenvalue weighted by molar-refractivity contribution is 0.487. The zero-order chi connectivity index (χ0) is 30.2. The van der Waals surface area contributed by atoms with E-state index in [0.717, 1.165) is 22.7 Å². The zero-order valence-corrected chi connectivity index (χ0v) is 24.9. The van der Waals surface area contributed by atoms with Gasteiger partial charge >= 0.3 is 0 Å². The highest BCUT2D eigenvalue weighted by Gasteiger charge is 2.20. The number of ether oxygens (including phenoxy) is 1. The fourth-order valence-corrected chi connectivity index (χ4v) is 7.36. The first-order chi connectivity index (χ1) is 22.8. The number of fused-ring (bicyclic) bond motifs is 6. The summed E-state index contributed by atoms with van der Waals surface area (Å²) in [6.07, 6.45) is 0. The second kappa shape index (κ2) is 9.69. The molecule has 1 aliphatic heterocycles. The number of hydrogen-bond acceptors (Lipinski definition) is 1. The van der Waals surface area contributed by atoms with Crippen LogP contribution in [0.4, 0.5) is 0 Å². The molecule has 2 heteroatoms. The molecule has 0 unspecified atom stereocenters. The molecule has 0 saturated carbocycles. The first-order valence-electron chi connectivity index (χ1n) is 15.8. The first kappa shape index (κ1) is 25.2. The van der Waals surface area contributed by atoms with E-state index in [1.807, 2.05) is 0 Å². The maximum atomic E-state index is 6.37. The summed E-state index contributed by atoms with van der Waals surface area (Å²) in [5.41, 5.74) is 10.7. The third kappa shape index (κ3) is 3.77. The molecule has 2 heterocycles. The van der Waals surface area contributed by atoms with Crippen molar-refractivity contribution in [3.05, 3.63) is 164 Å². The molecule has 8 aromatic carbocycles. The van der Waals surface area contributed by atoms with Crippen LogP contribution in [0.25, 0.3) is 82.4 Å². The maximum Gasteiger partial charge on any atom is 0.135 e. The molecule has 0 amide bonds. The predicted octanol–water partition coefficient (Wildman–Crippen LogP) is 12.2. The van der Waals surface area contributed by atoms with E-state index in [9.17, 15) is 0 Å². The molecular formula is C44H27NO. The van der Waals surface area contributed by atoms with Crippen molar-refractivity contribution in [2.75, 3.05) is 0 Å². The Kier molecular flexibility index (Phi) is 5.31. The summed E-state index contributed by atoms with van der Waals surface area (Å²) in [5.74, 6) is 1.82. The van der Waals surface area contributed by atoms with Gasteiger partial charge in [0.25, 0.3) is 0 Å². The number of para-hydroxylation sites is 1. The van der Waals surface area contributed by atoms with Gasteiger partial charge < -0.3 is 9.30 Å². The average Bonchev–Trinajstić information content (AvgIpc) is 3.43. The molecule has 1 aliphatic rings. The lowest BCUT2D eigenvalue weighted by atomic mass is 9.91. The fraction of sp³-hybridized carbons (Fsp3) is 0. The van der Waals surface area contributed by atoms with Crippen LogP contribution in [0.3, 0.4) is 0 Å². The predicted molar refractivity (Wildman–Crippen MR) is 192 cm³/mol. The standard InChI is InChI=1S/C44H27NO/c1-2-15-35(16-3-1)45-40-27-34(19-21-36(40)38-24-31-9-4-5-10-32(31)26-41(38)45)30-14-6-13-29(23-30)33-20-22-42-39(25-33)37-17-7-11-28-12-8-18-43(46-42)44(28)37/h1-27H. The van der Waals surface area contributed by atoms with Crippen molar-refractivity contribution >= 4 is 43.4 Å². The Bertz CT molecular complexity index is 2660. The maximum absolute atomic E-state index is 6.37. The Labute approximate surface area is 266 Å². The van der Waals surface area contributed by atoms with Crippen LogP contribution in [-0.4, -0.2) is 4.57 Å². The molecule has 9 aromatic rings. The van der Waals surface area contributed by atoms with Gasteiger partial charge in [0.2, 0.25) is 0 Å². The monoisotopic (exact) mass is 585 g/mol. The Morgan fingerprint density at radius 1 is 0.370 bits per heavy atom. The Hall–Kier alpha value is -6.12. The summed E-state index contributed by atoms with van der Waals surface area (Å²) in [6, 6.07) is 59.1. The summed E-state index contributed by atoms with van der Waals surface area (Å²) in [7, 11) is 0. The van der Waals surface area contributed by atoms with Crippen molar-refractivity contribution in [3.8, 4) is 50.6 Å². The van der Waals surface area contributed by atoms with Crippen molar-refractivity contribution in [1.29, 1.82) is 0 Å². The molecule has 0 saturated heterocycles. The molecule has 0 radical (unpaired) electrons. The van der Waals surface area contributed by atoms with Crippen LogP contribution in [0.5, 0.6) is 11.5 Å². The second-order valence-electron chi connectivity index (χ2n) is 12.2. The molecular weight excluding hydrogens is 558 g/mol. The van der Waals surface area contributed by atoms with E-state index in [2.05, 4.69) is 168 Å². The van der Waals surface area contributed by atoms with Crippen LogP contribution in [0.1, 0.15) is 0 Å². The van der Waals surface area contributed by atoms with Gasteiger partial charge in [-0.1, -0.05) is 109 Å². The van der Waals surface area contributed by atoms with Crippen molar-refractivity contribution < 1.29 is 4.74 Å². The zero-order valence-electron chi connectivity index (χ0n) is 24.9. The minimum atomic E-state index is 0.901. The van der Waals surface area contributed by atoms with Crippen LogP contribution in [0.15, 0.2) is 164 Å². The van der Waals surface area contributed by atoms with Gasteiger partial charge in [-0.2, -0.15) is 0 Å². The Morgan fingerprint density at radius 3 is 1.87 bits per heavy atom. The number of benzene rings is 8. The van der Waals surface area contributed by atoms with Crippen LogP contribution < -0.4 is 4.74 Å². The summed E-state index contributed by atoms with van der Waals surface area (Å²) >= 11 is 0. The summed E-state index contributed by atoms with van der Waals surface area (Å²) in [4.78, 5) is 0. The molecule has 0 aliphatic carbocycles. The molecule has 214 valence electrons. The summed E-state index contributed by atoms with van der Waals surface area (Å²) in [5, 5.41) is 7.41. The van der Waals surface area contributed by atoms with Gasteiger partial charge in [-0.25, -0.2) is 0 Å². The van der Waals surface area contributed by atoms with Gasteiger partial charge in [0, 0.05) is 27.4 Å². The van der Waals surface area contributed by atoms with Crippen molar-refractivity contribution in [2.45, 2.75) is 0 Å². The molecule has 0 N–H and O–H groups in total. The van der Waals surface area contributed by atoms with E-state index in [0.29, 0.717) is 0 Å². The molecule has 0 bridgehead atoms. The second-order valence-corrected chi connectivity index (χ2v) is 12.2. The third-order valence-corrected chi connectivity index (χ3v) is 9.53. The van der Waals surface area contributed by atoms with Crippen LogP contribution in [-0.2, 0) is 0 Å². The highest BCUT2D eigenvalue weighted by atomic mass is 16.5. The normalized spacial score (nSPS) is 12.1. The van der Waals surface area contributed by atoms with E-state index in [4.69, 9.17) is 4.74 Å². The van der Waals surface area contributed by atoms with E-state index < -0.39 is 0 Å². The minimum absolute atomic E-state index is 0.901. The number of nitrogens with zero attached hydrogens (tertiary/aromatic N) is 1. The SMILES string of the molecule is c1ccc(-n2c3cc(-c4cccc(-c5ccc6c(c5)-c5cccc7cccc(c57)O6)c4)ccc3c3cc4ccccc4cc32)cc1. The van der Waals surface area contributed by atoms with Crippen LogP contribution in [0, 0.1) is 0 Å². The highest BCUT2D eigenvalue weighted by Crippen LogP contribution is 2.47. The van der Waals surface area contributed by atoms with E-state index in [-0.39, 0.29) is 0 Å². The van der Waals surface area contributed by atoms with Gasteiger partial charge in [0.15, 0.2) is 0 Å². The Balaban J connectivity index is 1.13. The van der Waals surface area contributed by atoms with Gasteiger partial charge in [0.05, 0.1) is 11.0 Å². The number of aromatic nitrogens is 1. The third-order valence-electron chi connectivity index (χ3n) is 9.53. The van der Waals surface area contributed by atoms with Crippen LogP contribution >= 0.6 is 0 Å². The number of hydrogen-bond donors (Lipinski definition) is 0. The van der Waals surface area contributed by atoms with Crippen LogP contribution in [0.2, 0.25) is 0 Å². The quantitative estimate of drug-likeness (QED) is 0.201. The minimum Gasteiger partial charge on any atom is -0.456 e. The molecule has 0 atom stereocenters. The molecule has 0 spiro atoms. The topological polar surface area (TPSA) is 14.2 Å². The first-order valence-corrected chi connectivity index (χ1v) is 15.8. The average molecular weight is 586 g/mol. The van der Waals surface area contributed by atoms with E-state index in [1.54, 1.807) is 0 Å². The largest absolute Gasteiger partial charge is 0.456 e. The van der Waals surface area contributed by atoms with Gasteiger partial charge in [0.1, 0.15) is 11.5 Å². The van der Waals surface area contributed by atoms with Gasteiger partial charge in [-0.15, -0.1) is 0 Å². The lowest BCUT2D eigenvalue weighted by Gasteiger charge is -2.22. The van der Waals surface area contributed by atoms with Gasteiger partial charge in [-0.05, 0) is 98.6 Å². The van der Waals surface area contributed by atoms with E-state index in [1.165, 1.54) is 71.2 Å². The number of rotatable bonds is 3. The van der Waals surface area contributed by atoms with E-state index >= 15 is 0 Å².